The van der Waals surface area contributed by atoms with Crippen LogP contribution in [0, 0.1) is 0 Å². The first-order valence-corrected chi connectivity index (χ1v) is 6.07. The second-order valence-electron chi connectivity index (χ2n) is 4.94. The minimum absolute atomic E-state index is 0.258. The van der Waals surface area contributed by atoms with Crippen LogP contribution in [0.5, 0.6) is 0 Å². The summed E-state index contributed by atoms with van der Waals surface area (Å²) in [5.74, 6) is 0. The summed E-state index contributed by atoms with van der Waals surface area (Å²) < 4.78 is 5.97. The predicted molar refractivity (Wildman–Crippen MR) is 64.7 cm³/mol. The van der Waals surface area contributed by atoms with Crippen molar-refractivity contribution in [1.29, 1.82) is 0 Å². The molecule has 2 aliphatic heterocycles. The Morgan fingerprint density at radius 2 is 2.12 bits per heavy atom. The normalized spacial score (nSPS) is 33.3. The number of benzene rings is 1. The number of hydrogen-bond donors (Lipinski definition) is 0. The van der Waals surface area contributed by atoms with Gasteiger partial charge in [0, 0.05) is 12.1 Å². The van der Waals surface area contributed by atoms with Crippen molar-refractivity contribution < 1.29 is 4.74 Å². The molecule has 0 unspecified atom stereocenters. The summed E-state index contributed by atoms with van der Waals surface area (Å²) in [6.07, 6.45) is 4.83. The molecule has 0 saturated carbocycles. The van der Waals surface area contributed by atoms with Crippen LogP contribution in [0.15, 0.2) is 35.3 Å². The van der Waals surface area contributed by atoms with Crippen molar-refractivity contribution in [3.05, 3.63) is 35.9 Å². The quantitative estimate of drug-likeness (QED) is 0.705. The van der Waals surface area contributed by atoms with E-state index in [1.54, 1.807) is 0 Å². The van der Waals surface area contributed by atoms with Crippen LogP contribution >= 0.6 is 0 Å². The fourth-order valence-corrected chi connectivity index (χ4v) is 2.72. The Bertz CT molecular complexity index is 412. The summed E-state index contributed by atoms with van der Waals surface area (Å²) in [4.78, 5) is 4.80. The van der Waals surface area contributed by atoms with Crippen molar-refractivity contribution in [2.45, 2.75) is 44.4 Å². The van der Waals surface area contributed by atoms with E-state index < -0.39 is 0 Å². The zero-order valence-corrected chi connectivity index (χ0v) is 9.65. The van der Waals surface area contributed by atoms with E-state index in [2.05, 4.69) is 31.2 Å². The third-order valence-electron chi connectivity index (χ3n) is 3.49. The Balaban J connectivity index is 1.97. The maximum absolute atomic E-state index is 5.97. The van der Waals surface area contributed by atoms with Crippen LogP contribution < -0.4 is 0 Å². The molecule has 0 amide bonds. The summed E-state index contributed by atoms with van der Waals surface area (Å²) >= 11 is 0. The molecule has 2 heterocycles. The van der Waals surface area contributed by atoms with Crippen molar-refractivity contribution in [1.82, 2.24) is 0 Å². The first-order chi connectivity index (χ1) is 7.75. The largest absolute Gasteiger partial charge is 0.351 e. The maximum atomic E-state index is 5.97. The fraction of sp³-hybridized carbons (Fsp3) is 0.500. The fourth-order valence-electron chi connectivity index (χ4n) is 2.72. The molecule has 1 saturated heterocycles. The van der Waals surface area contributed by atoms with Gasteiger partial charge in [0.1, 0.15) is 0 Å². The van der Waals surface area contributed by atoms with Gasteiger partial charge in [0.15, 0.2) is 5.72 Å². The average molecular weight is 215 g/mol. The summed E-state index contributed by atoms with van der Waals surface area (Å²) in [7, 11) is 0. The molecule has 84 valence electrons. The van der Waals surface area contributed by atoms with E-state index in [1.807, 2.05) is 6.07 Å². The van der Waals surface area contributed by atoms with E-state index in [9.17, 15) is 0 Å². The topological polar surface area (TPSA) is 21.6 Å². The minimum Gasteiger partial charge on any atom is -0.351 e. The standard InChI is InChI=1S/C14H17NO/c1-14-9-5-8-12(16-14)10-13(15-14)11-6-3-2-4-7-11/h2-4,6-7,12H,5,8-10H2,1H3/t12-,14+/m1/s1. The number of fused-ring (bicyclic) bond motifs is 2. The highest BCUT2D eigenvalue weighted by Crippen LogP contribution is 2.36. The van der Waals surface area contributed by atoms with Crippen molar-refractivity contribution >= 4 is 5.71 Å². The average Bonchev–Trinajstić information content (AvgIpc) is 2.28. The Morgan fingerprint density at radius 1 is 1.31 bits per heavy atom. The molecule has 16 heavy (non-hydrogen) atoms. The van der Waals surface area contributed by atoms with Gasteiger partial charge in [-0.05, 0) is 31.7 Å². The molecule has 3 rings (SSSR count). The van der Waals surface area contributed by atoms with Gasteiger partial charge in [-0.15, -0.1) is 0 Å². The lowest BCUT2D eigenvalue weighted by atomic mass is 9.92. The Hall–Kier alpha value is -1.15. The lowest BCUT2D eigenvalue weighted by Crippen LogP contribution is -2.42. The van der Waals surface area contributed by atoms with Gasteiger partial charge in [-0.3, -0.25) is 4.99 Å². The van der Waals surface area contributed by atoms with E-state index in [4.69, 9.17) is 9.73 Å². The van der Waals surface area contributed by atoms with Gasteiger partial charge < -0.3 is 4.74 Å². The zero-order chi connectivity index (χ0) is 11.0. The SMILES string of the molecule is C[C@]12CCC[C@H](CC(c3ccccc3)=N1)O2. The minimum atomic E-state index is -0.258. The lowest BCUT2D eigenvalue weighted by Gasteiger charge is -2.40. The third kappa shape index (κ3) is 1.78. The van der Waals surface area contributed by atoms with Gasteiger partial charge in [0.05, 0.1) is 6.10 Å². The number of rotatable bonds is 1. The molecule has 2 bridgehead atoms. The predicted octanol–water partition coefficient (Wildman–Crippen LogP) is 3.16. The molecule has 0 radical (unpaired) electrons. The van der Waals surface area contributed by atoms with E-state index in [1.165, 1.54) is 24.1 Å². The van der Waals surface area contributed by atoms with Crippen LogP contribution in [0.1, 0.15) is 38.2 Å². The van der Waals surface area contributed by atoms with Gasteiger partial charge in [0.25, 0.3) is 0 Å². The second kappa shape index (κ2) is 3.70. The first kappa shape index (κ1) is 10.0. The number of hydrogen-bond acceptors (Lipinski definition) is 2. The van der Waals surface area contributed by atoms with E-state index in [0.717, 1.165) is 12.8 Å². The Kier molecular flexibility index (Phi) is 2.32. The van der Waals surface area contributed by atoms with Crippen LogP contribution in [0.2, 0.25) is 0 Å². The van der Waals surface area contributed by atoms with E-state index in [-0.39, 0.29) is 5.72 Å². The molecule has 0 aromatic heterocycles. The zero-order valence-electron chi connectivity index (χ0n) is 9.65. The molecule has 2 heteroatoms. The van der Waals surface area contributed by atoms with Crippen molar-refractivity contribution in [3.63, 3.8) is 0 Å². The second-order valence-corrected chi connectivity index (χ2v) is 4.94. The summed E-state index contributed by atoms with van der Waals surface area (Å²) in [5.41, 5.74) is 2.22. The van der Waals surface area contributed by atoms with E-state index >= 15 is 0 Å². The van der Waals surface area contributed by atoms with Crippen LogP contribution in [-0.4, -0.2) is 17.5 Å². The number of ether oxygens (including phenoxy) is 1. The Morgan fingerprint density at radius 3 is 2.88 bits per heavy atom. The smallest absolute Gasteiger partial charge is 0.156 e. The molecule has 1 aromatic rings. The molecule has 0 aliphatic carbocycles. The van der Waals surface area contributed by atoms with Gasteiger partial charge >= 0.3 is 0 Å². The van der Waals surface area contributed by atoms with Gasteiger partial charge in [-0.2, -0.15) is 0 Å². The first-order valence-electron chi connectivity index (χ1n) is 6.07. The Labute approximate surface area is 96.3 Å². The van der Waals surface area contributed by atoms with Crippen molar-refractivity contribution in [2.24, 2.45) is 4.99 Å². The molecule has 2 aliphatic rings. The highest BCUT2D eigenvalue weighted by atomic mass is 16.5. The third-order valence-corrected chi connectivity index (χ3v) is 3.49. The molecule has 2 atom stereocenters. The van der Waals surface area contributed by atoms with Crippen LogP contribution in [0.25, 0.3) is 0 Å². The molecule has 0 spiro atoms. The number of nitrogens with zero attached hydrogens (tertiary/aromatic N) is 1. The molecular formula is C14H17NO. The molecule has 1 fully saturated rings. The summed E-state index contributed by atoms with van der Waals surface area (Å²) in [5, 5.41) is 0. The highest BCUT2D eigenvalue weighted by Gasteiger charge is 2.37. The molecule has 2 nitrogen and oxygen atoms in total. The van der Waals surface area contributed by atoms with E-state index in [0.29, 0.717) is 6.10 Å². The van der Waals surface area contributed by atoms with Crippen molar-refractivity contribution in [2.75, 3.05) is 0 Å². The summed E-state index contributed by atoms with van der Waals surface area (Å²) in [6.45, 7) is 2.11. The summed E-state index contributed by atoms with van der Waals surface area (Å²) in [6, 6.07) is 10.5. The van der Waals surface area contributed by atoms with Crippen molar-refractivity contribution in [3.8, 4) is 0 Å². The van der Waals surface area contributed by atoms with Crippen LogP contribution in [0.3, 0.4) is 0 Å². The van der Waals surface area contributed by atoms with Crippen LogP contribution in [0.4, 0.5) is 0 Å². The monoisotopic (exact) mass is 215 g/mol. The molecule has 0 N–H and O–H groups in total. The molecular weight excluding hydrogens is 198 g/mol. The number of aliphatic imine (C=N–C) groups is 1. The van der Waals surface area contributed by atoms with Gasteiger partial charge in [0.2, 0.25) is 0 Å². The van der Waals surface area contributed by atoms with Gasteiger partial charge in [-0.25, -0.2) is 0 Å². The van der Waals surface area contributed by atoms with Gasteiger partial charge in [-0.1, -0.05) is 30.3 Å². The lowest BCUT2D eigenvalue weighted by molar-refractivity contribution is -0.116. The molecule has 1 aromatic carbocycles. The maximum Gasteiger partial charge on any atom is 0.156 e. The van der Waals surface area contributed by atoms with Crippen LogP contribution in [-0.2, 0) is 4.74 Å². The highest BCUT2D eigenvalue weighted by molar-refractivity contribution is 6.01.